The molecule has 0 heterocycles. The van der Waals surface area contributed by atoms with Gasteiger partial charge in [-0.1, -0.05) is 30.3 Å². The lowest BCUT2D eigenvalue weighted by Gasteiger charge is -2.21. The van der Waals surface area contributed by atoms with Crippen molar-refractivity contribution >= 4 is 17.8 Å². The van der Waals surface area contributed by atoms with Crippen LogP contribution in [0.15, 0.2) is 30.3 Å². The van der Waals surface area contributed by atoms with Crippen molar-refractivity contribution in [3.8, 4) is 0 Å². The fourth-order valence-electron chi connectivity index (χ4n) is 2.33. The summed E-state index contributed by atoms with van der Waals surface area (Å²) in [6.07, 6.45) is 1.90. The number of carboxylic acid groups (broad SMARTS) is 1. The molecule has 7 nitrogen and oxygen atoms in total. The van der Waals surface area contributed by atoms with Crippen LogP contribution in [0.3, 0.4) is 0 Å². The Morgan fingerprint density at radius 2 is 1.75 bits per heavy atom. The average molecular weight is 335 g/mol. The van der Waals surface area contributed by atoms with Crippen LogP contribution in [0.4, 0.5) is 0 Å². The zero-order chi connectivity index (χ0) is 17.9. The number of carbonyl (C=O) groups is 3. The van der Waals surface area contributed by atoms with Crippen molar-refractivity contribution in [1.82, 2.24) is 10.6 Å². The van der Waals surface area contributed by atoms with Crippen molar-refractivity contribution in [2.24, 2.45) is 5.73 Å². The van der Waals surface area contributed by atoms with E-state index in [2.05, 4.69) is 10.6 Å². The van der Waals surface area contributed by atoms with Gasteiger partial charge in [-0.25, -0.2) is 4.79 Å². The molecule has 2 atom stereocenters. The van der Waals surface area contributed by atoms with Crippen molar-refractivity contribution in [1.29, 1.82) is 0 Å². The number of benzene rings is 1. The van der Waals surface area contributed by atoms with E-state index >= 15 is 0 Å². The smallest absolute Gasteiger partial charge is 0.326 e. The van der Waals surface area contributed by atoms with E-state index in [1.165, 1.54) is 6.92 Å². The van der Waals surface area contributed by atoms with Gasteiger partial charge in [0.15, 0.2) is 0 Å². The first kappa shape index (κ1) is 19.6. The van der Waals surface area contributed by atoms with Gasteiger partial charge in [-0.05, 0) is 31.4 Å². The zero-order valence-corrected chi connectivity index (χ0v) is 13.8. The molecule has 0 unspecified atom stereocenters. The standard InChI is InChI=1S/C17H25N3O4/c1-12(21)19-15(11-13-7-3-2-4-8-13)16(22)20-14(17(23)24)9-5-6-10-18/h2-4,7-8,14-15H,5-6,9-11,18H2,1H3,(H,19,21)(H,20,22)(H,23,24)/t14-,15-/m1/s1. The fraction of sp³-hybridized carbons (Fsp3) is 0.471. The van der Waals surface area contributed by atoms with Crippen LogP contribution in [0.2, 0.25) is 0 Å². The highest BCUT2D eigenvalue weighted by molar-refractivity contribution is 5.90. The molecule has 0 aliphatic heterocycles. The molecule has 1 aromatic carbocycles. The molecule has 7 heteroatoms. The Morgan fingerprint density at radius 3 is 2.29 bits per heavy atom. The number of carboxylic acids is 1. The van der Waals surface area contributed by atoms with Gasteiger partial charge in [-0.3, -0.25) is 9.59 Å². The molecule has 1 rings (SSSR count). The number of hydrogen-bond acceptors (Lipinski definition) is 4. The van der Waals surface area contributed by atoms with E-state index in [4.69, 9.17) is 5.73 Å². The van der Waals surface area contributed by atoms with Gasteiger partial charge in [0.1, 0.15) is 12.1 Å². The van der Waals surface area contributed by atoms with Crippen LogP contribution in [-0.2, 0) is 20.8 Å². The largest absolute Gasteiger partial charge is 0.480 e. The lowest BCUT2D eigenvalue weighted by atomic mass is 10.0. The van der Waals surface area contributed by atoms with Crippen molar-refractivity contribution in [3.05, 3.63) is 35.9 Å². The summed E-state index contributed by atoms with van der Waals surface area (Å²) in [5.41, 5.74) is 6.28. The van der Waals surface area contributed by atoms with Crippen LogP contribution in [0, 0.1) is 0 Å². The maximum absolute atomic E-state index is 12.4. The molecule has 1 aromatic rings. The van der Waals surface area contributed by atoms with Gasteiger partial charge in [-0.15, -0.1) is 0 Å². The van der Waals surface area contributed by atoms with Crippen molar-refractivity contribution < 1.29 is 19.5 Å². The van der Waals surface area contributed by atoms with E-state index in [1.54, 1.807) is 0 Å². The van der Waals surface area contributed by atoms with Gasteiger partial charge in [0.2, 0.25) is 11.8 Å². The molecule has 132 valence electrons. The van der Waals surface area contributed by atoms with Crippen molar-refractivity contribution in [3.63, 3.8) is 0 Å². The number of nitrogens with two attached hydrogens (primary N) is 1. The number of rotatable bonds is 10. The van der Waals surface area contributed by atoms with E-state index in [9.17, 15) is 19.5 Å². The molecule has 0 bridgehead atoms. The first-order chi connectivity index (χ1) is 11.4. The monoisotopic (exact) mass is 335 g/mol. The first-order valence-electron chi connectivity index (χ1n) is 7.98. The van der Waals surface area contributed by atoms with Crippen LogP contribution in [0.5, 0.6) is 0 Å². The second-order valence-corrected chi connectivity index (χ2v) is 5.63. The number of unbranched alkanes of at least 4 members (excludes halogenated alkanes) is 1. The topological polar surface area (TPSA) is 122 Å². The molecule has 0 radical (unpaired) electrons. The molecule has 2 amide bonds. The Hall–Kier alpha value is -2.41. The number of aliphatic carboxylic acids is 1. The molecule has 0 fully saturated rings. The zero-order valence-electron chi connectivity index (χ0n) is 13.8. The molecule has 0 aromatic heterocycles. The van der Waals surface area contributed by atoms with Crippen LogP contribution >= 0.6 is 0 Å². The van der Waals surface area contributed by atoms with Gasteiger partial charge in [-0.2, -0.15) is 0 Å². The van der Waals surface area contributed by atoms with Gasteiger partial charge < -0.3 is 21.5 Å². The molecule has 0 aliphatic carbocycles. The summed E-state index contributed by atoms with van der Waals surface area (Å²) in [7, 11) is 0. The van der Waals surface area contributed by atoms with Gasteiger partial charge in [0.25, 0.3) is 0 Å². The highest BCUT2D eigenvalue weighted by Crippen LogP contribution is 2.06. The second kappa shape index (κ2) is 10.4. The Morgan fingerprint density at radius 1 is 1.08 bits per heavy atom. The quantitative estimate of drug-likeness (QED) is 0.462. The normalized spacial score (nSPS) is 12.9. The molecule has 0 spiro atoms. The Balaban J connectivity index is 2.74. The van der Waals surface area contributed by atoms with Crippen molar-refractivity contribution in [2.75, 3.05) is 6.54 Å². The number of carbonyl (C=O) groups excluding carboxylic acids is 2. The maximum Gasteiger partial charge on any atom is 0.326 e. The Labute approximate surface area is 141 Å². The lowest BCUT2D eigenvalue weighted by molar-refractivity contribution is -0.142. The minimum absolute atomic E-state index is 0.293. The molecule has 5 N–H and O–H groups in total. The van der Waals surface area contributed by atoms with Crippen molar-refractivity contribution in [2.45, 2.75) is 44.7 Å². The number of hydrogen-bond donors (Lipinski definition) is 4. The van der Waals surface area contributed by atoms with Gasteiger partial charge in [0, 0.05) is 13.3 Å². The summed E-state index contributed by atoms with van der Waals surface area (Å²) in [5.74, 6) is -1.95. The molecule has 0 saturated heterocycles. The van der Waals surface area contributed by atoms with Crippen LogP contribution in [-0.4, -0.2) is 41.5 Å². The summed E-state index contributed by atoms with van der Waals surface area (Å²) in [6.45, 7) is 1.80. The van der Waals surface area contributed by atoms with E-state index in [0.717, 1.165) is 5.56 Å². The van der Waals surface area contributed by atoms with E-state index < -0.39 is 24.0 Å². The Kier molecular flexibility index (Phi) is 8.49. The van der Waals surface area contributed by atoms with Gasteiger partial charge in [0.05, 0.1) is 0 Å². The summed E-state index contributed by atoms with van der Waals surface area (Å²) in [4.78, 5) is 35.1. The minimum Gasteiger partial charge on any atom is -0.480 e. The Bertz CT molecular complexity index is 548. The minimum atomic E-state index is -1.10. The summed E-state index contributed by atoms with van der Waals surface area (Å²) in [5, 5.41) is 14.3. The van der Waals surface area contributed by atoms with E-state index in [1.807, 2.05) is 30.3 Å². The third kappa shape index (κ3) is 7.23. The van der Waals surface area contributed by atoms with E-state index in [-0.39, 0.29) is 5.91 Å². The SMILES string of the molecule is CC(=O)N[C@H](Cc1ccccc1)C(=O)N[C@H](CCCCN)C(=O)O. The third-order valence-corrected chi connectivity index (χ3v) is 3.54. The van der Waals surface area contributed by atoms with E-state index in [0.29, 0.717) is 32.2 Å². The highest BCUT2D eigenvalue weighted by Gasteiger charge is 2.25. The molecular formula is C17H25N3O4. The molecule has 24 heavy (non-hydrogen) atoms. The molecule has 0 saturated carbocycles. The van der Waals surface area contributed by atoms with Crippen LogP contribution < -0.4 is 16.4 Å². The average Bonchev–Trinajstić information content (AvgIpc) is 2.53. The second-order valence-electron chi connectivity index (χ2n) is 5.63. The third-order valence-electron chi connectivity index (χ3n) is 3.54. The summed E-state index contributed by atoms with van der Waals surface area (Å²) in [6, 6.07) is 7.42. The number of nitrogens with one attached hydrogen (secondary N) is 2. The van der Waals surface area contributed by atoms with Crippen LogP contribution in [0.1, 0.15) is 31.7 Å². The molecule has 0 aliphatic rings. The predicted molar refractivity (Wildman–Crippen MR) is 90.2 cm³/mol. The maximum atomic E-state index is 12.4. The summed E-state index contributed by atoms with van der Waals surface area (Å²) >= 11 is 0. The highest BCUT2D eigenvalue weighted by atomic mass is 16.4. The summed E-state index contributed by atoms with van der Waals surface area (Å²) < 4.78 is 0. The molecular weight excluding hydrogens is 310 g/mol. The number of amides is 2. The first-order valence-corrected chi connectivity index (χ1v) is 7.98. The fourth-order valence-corrected chi connectivity index (χ4v) is 2.33. The van der Waals surface area contributed by atoms with Crippen LogP contribution in [0.25, 0.3) is 0 Å². The lowest BCUT2D eigenvalue weighted by Crippen LogP contribution is -2.52. The predicted octanol–water partition coefficient (Wildman–Crippen LogP) is 0.432. The van der Waals surface area contributed by atoms with Gasteiger partial charge >= 0.3 is 5.97 Å².